The summed E-state index contributed by atoms with van der Waals surface area (Å²) < 4.78 is 38.3. The van der Waals surface area contributed by atoms with E-state index in [2.05, 4.69) is 10.4 Å². The first-order valence-corrected chi connectivity index (χ1v) is 5.35. The number of aryl methyl sites for hydroxylation is 1. The predicted octanol–water partition coefficient (Wildman–Crippen LogP) is 2.69. The van der Waals surface area contributed by atoms with Crippen molar-refractivity contribution < 1.29 is 18.0 Å². The number of nitrogens with zero attached hydrogens (tertiary/aromatic N) is 2. The van der Waals surface area contributed by atoms with Crippen molar-refractivity contribution in [1.82, 2.24) is 9.78 Å². The number of nitrogens with one attached hydrogen (secondary N) is 1. The van der Waals surface area contributed by atoms with E-state index in [1.807, 2.05) is 0 Å². The molecule has 0 aliphatic heterocycles. The van der Waals surface area contributed by atoms with Crippen LogP contribution in [0.25, 0.3) is 0 Å². The second-order valence-corrected chi connectivity index (χ2v) is 3.86. The number of alkyl halides is 3. The molecule has 0 saturated heterocycles. The lowest BCUT2D eigenvalue weighted by Crippen LogP contribution is -2.14. The molecule has 7 heteroatoms. The molecule has 19 heavy (non-hydrogen) atoms. The zero-order chi connectivity index (χ0) is 14.0. The average Bonchev–Trinajstić information content (AvgIpc) is 2.72. The molecular formula is C12H10F3N3O. The first-order valence-electron chi connectivity index (χ1n) is 5.35. The van der Waals surface area contributed by atoms with E-state index in [-0.39, 0.29) is 5.82 Å². The molecule has 0 atom stereocenters. The van der Waals surface area contributed by atoms with E-state index in [0.29, 0.717) is 5.56 Å². The van der Waals surface area contributed by atoms with Gasteiger partial charge in [-0.2, -0.15) is 18.3 Å². The van der Waals surface area contributed by atoms with Crippen LogP contribution in [0.5, 0.6) is 0 Å². The smallest absolute Gasteiger partial charge is 0.307 e. The molecule has 0 unspecified atom stereocenters. The molecule has 100 valence electrons. The average molecular weight is 269 g/mol. The highest BCUT2D eigenvalue weighted by Crippen LogP contribution is 2.29. The second kappa shape index (κ2) is 4.75. The van der Waals surface area contributed by atoms with Crippen LogP contribution in [0.15, 0.2) is 36.4 Å². The molecule has 4 nitrogen and oxygen atoms in total. The van der Waals surface area contributed by atoms with Crippen molar-refractivity contribution in [2.24, 2.45) is 7.05 Å². The highest BCUT2D eigenvalue weighted by molar-refractivity contribution is 6.03. The number of anilines is 1. The number of carbonyl (C=O) groups is 1. The Balaban J connectivity index is 2.21. The number of halogens is 3. The molecule has 1 amide bonds. The maximum absolute atomic E-state index is 12.5. The molecule has 0 fully saturated rings. The Bertz CT molecular complexity index is 590. The van der Waals surface area contributed by atoms with Crippen LogP contribution in [0.1, 0.15) is 16.1 Å². The van der Waals surface area contributed by atoms with Crippen molar-refractivity contribution in [3.05, 3.63) is 47.7 Å². The predicted molar refractivity (Wildman–Crippen MR) is 62.6 cm³/mol. The summed E-state index contributed by atoms with van der Waals surface area (Å²) in [5.41, 5.74) is -0.685. The SMILES string of the molecule is Cn1nc(C(F)(F)F)cc1NC(=O)c1ccccc1. The molecule has 1 heterocycles. The van der Waals surface area contributed by atoms with Crippen LogP contribution < -0.4 is 5.32 Å². The van der Waals surface area contributed by atoms with Crippen molar-refractivity contribution in [2.45, 2.75) is 6.18 Å². The van der Waals surface area contributed by atoms with Crippen LogP contribution in [0.4, 0.5) is 19.0 Å². The molecule has 0 spiro atoms. The lowest BCUT2D eigenvalue weighted by molar-refractivity contribution is -0.141. The van der Waals surface area contributed by atoms with Crippen molar-refractivity contribution in [3.8, 4) is 0 Å². The Morgan fingerprint density at radius 2 is 1.89 bits per heavy atom. The summed E-state index contributed by atoms with van der Waals surface area (Å²) in [6.07, 6.45) is -4.53. The number of amides is 1. The normalized spacial score (nSPS) is 11.4. The molecule has 0 bridgehead atoms. The van der Waals surface area contributed by atoms with Gasteiger partial charge < -0.3 is 5.32 Å². The molecule has 2 aromatic rings. The van der Waals surface area contributed by atoms with E-state index in [1.54, 1.807) is 30.3 Å². The Kier molecular flexibility index (Phi) is 3.28. The molecule has 0 aliphatic rings. The van der Waals surface area contributed by atoms with Gasteiger partial charge in [0.1, 0.15) is 5.82 Å². The van der Waals surface area contributed by atoms with Crippen LogP contribution in [0, 0.1) is 0 Å². The summed E-state index contributed by atoms with van der Waals surface area (Å²) in [5.74, 6) is -0.501. The third-order valence-electron chi connectivity index (χ3n) is 2.45. The van der Waals surface area contributed by atoms with Gasteiger partial charge in [-0.25, -0.2) is 0 Å². The maximum atomic E-state index is 12.5. The van der Waals surface area contributed by atoms with Crippen LogP contribution in [-0.2, 0) is 13.2 Å². The number of hydrogen-bond donors (Lipinski definition) is 1. The summed E-state index contributed by atoms with van der Waals surface area (Å²) in [5, 5.41) is 5.69. The van der Waals surface area contributed by atoms with Crippen LogP contribution in [0.3, 0.4) is 0 Å². The highest BCUT2D eigenvalue weighted by Gasteiger charge is 2.34. The minimum absolute atomic E-state index is 0.0128. The number of rotatable bonds is 2. The third kappa shape index (κ3) is 2.93. The van der Waals surface area contributed by atoms with Gasteiger partial charge in [0.05, 0.1) is 0 Å². The molecule has 1 N–H and O–H groups in total. The van der Waals surface area contributed by atoms with Crippen LogP contribution >= 0.6 is 0 Å². The Morgan fingerprint density at radius 1 is 1.26 bits per heavy atom. The van der Waals surface area contributed by atoms with E-state index in [0.717, 1.165) is 10.7 Å². The summed E-state index contributed by atoms with van der Waals surface area (Å²) >= 11 is 0. The number of aromatic nitrogens is 2. The number of carbonyl (C=O) groups excluding carboxylic acids is 1. The minimum Gasteiger partial charge on any atom is -0.307 e. The van der Waals surface area contributed by atoms with E-state index in [9.17, 15) is 18.0 Å². The topological polar surface area (TPSA) is 46.9 Å². The van der Waals surface area contributed by atoms with Crippen molar-refractivity contribution in [3.63, 3.8) is 0 Å². The van der Waals surface area contributed by atoms with E-state index < -0.39 is 17.8 Å². The Labute approximate surface area is 106 Å². The molecule has 0 saturated carbocycles. The van der Waals surface area contributed by atoms with Gasteiger partial charge in [0.25, 0.3) is 5.91 Å². The summed E-state index contributed by atoms with van der Waals surface area (Å²) in [6.45, 7) is 0. The number of benzene rings is 1. The fraction of sp³-hybridized carbons (Fsp3) is 0.167. The first-order chi connectivity index (χ1) is 8.88. The van der Waals surface area contributed by atoms with Gasteiger partial charge in [0.2, 0.25) is 0 Å². The lowest BCUT2D eigenvalue weighted by atomic mass is 10.2. The van der Waals surface area contributed by atoms with Crippen molar-refractivity contribution in [2.75, 3.05) is 5.32 Å². The van der Waals surface area contributed by atoms with Gasteiger partial charge in [-0.1, -0.05) is 18.2 Å². The van der Waals surface area contributed by atoms with E-state index in [4.69, 9.17) is 0 Å². The zero-order valence-corrected chi connectivity index (χ0v) is 9.90. The molecular weight excluding hydrogens is 259 g/mol. The Hall–Kier alpha value is -2.31. The number of hydrogen-bond acceptors (Lipinski definition) is 2. The summed E-state index contributed by atoms with van der Waals surface area (Å²) in [4.78, 5) is 11.8. The van der Waals surface area contributed by atoms with Gasteiger partial charge in [-0.15, -0.1) is 0 Å². The first kappa shape index (κ1) is 13.1. The lowest BCUT2D eigenvalue weighted by Gasteiger charge is -2.04. The minimum atomic E-state index is -4.53. The van der Waals surface area contributed by atoms with Crippen LogP contribution in [0.2, 0.25) is 0 Å². The van der Waals surface area contributed by atoms with Gasteiger partial charge in [-0.05, 0) is 12.1 Å². The summed E-state index contributed by atoms with van der Waals surface area (Å²) in [7, 11) is 1.33. The van der Waals surface area contributed by atoms with Gasteiger partial charge in [-0.3, -0.25) is 9.48 Å². The van der Waals surface area contributed by atoms with Gasteiger partial charge in [0, 0.05) is 18.7 Å². The fourth-order valence-corrected chi connectivity index (χ4v) is 1.50. The molecule has 0 radical (unpaired) electrons. The van der Waals surface area contributed by atoms with Gasteiger partial charge >= 0.3 is 6.18 Å². The molecule has 0 aliphatic carbocycles. The third-order valence-corrected chi connectivity index (χ3v) is 2.45. The Morgan fingerprint density at radius 3 is 2.42 bits per heavy atom. The standard InChI is InChI=1S/C12H10F3N3O/c1-18-10(7-9(17-18)12(13,14)15)16-11(19)8-5-3-2-4-6-8/h2-7H,1H3,(H,16,19). The molecule has 1 aromatic carbocycles. The maximum Gasteiger partial charge on any atom is 0.435 e. The van der Waals surface area contributed by atoms with E-state index in [1.165, 1.54) is 7.05 Å². The zero-order valence-electron chi connectivity index (χ0n) is 9.90. The molecule has 2 rings (SSSR count). The van der Waals surface area contributed by atoms with E-state index >= 15 is 0 Å². The van der Waals surface area contributed by atoms with Crippen molar-refractivity contribution in [1.29, 1.82) is 0 Å². The quantitative estimate of drug-likeness (QED) is 0.911. The largest absolute Gasteiger partial charge is 0.435 e. The molecule has 1 aromatic heterocycles. The monoisotopic (exact) mass is 269 g/mol. The van der Waals surface area contributed by atoms with Crippen molar-refractivity contribution >= 4 is 11.7 Å². The van der Waals surface area contributed by atoms with Gasteiger partial charge in [0.15, 0.2) is 5.69 Å². The highest BCUT2D eigenvalue weighted by atomic mass is 19.4. The van der Waals surface area contributed by atoms with Crippen LogP contribution in [-0.4, -0.2) is 15.7 Å². The fourth-order valence-electron chi connectivity index (χ4n) is 1.50. The summed E-state index contributed by atoms with van der Waals surface area (Å²) in [6, 6.07) is 8.99. The second-order valence-electron chi connectivity index (χ2n) is 3.86.